The minimum absolute atomic E-state index is 0.847. The van der Waals surface area contributed by atoms with Crippen LogP contribution in [0, 0.1) is 5.92 Å². The molecular weight excluding hydrogens is 160 g/mol. The lowest BCUT2D eigenvalue weighted by atomic mass is 10.2. The second kappa shape index (κ2) is 3.29. The van der Waals surface area contributed by atoms with E-state index in [1.54, 1.807) is 0 Å². The zero-order chi connectivity index (χ0) is 9.26. The third-order valence-electron chi connectivity index (χ3n) is 2.54. The molecule has 0 atom stereocenters. The number of rotatable bonds is 3. The average Bonchev–Trinajstić information content (AvgIpc) is 2.88. The summed E-state index contributed by atoms with van der Waals surface area (Å²) in [5.41, 5.74) is 7.79. The van der Waals surface area contributed by atoms with Crippen LogP contribution in [-0.4, -0.2) is 13.6 Å². The first kappa shape index (κ1) is 8.42. The number of nitrogen functional groups attached to an aromatic ring is 1. The standard InChI is InChI=1S/C11H16N2/c1-13(8-9-5-6-9)11-4-2-3-10(12)7-11/h2-4,7,9H,5-6,8,12H2,1H3. The summed E-state index contributed by atoms with van der Waals surface area (Å²) in [4.78, 5) is 2.29. The number of benzene rings is 1. The van der Waals surface area contributed by atoms with E-state index in [2.05, 4.69) is 18.0 Å². The van der Waals surface area contributed by atoms with Crippen molar-refractivity contribution in [2.75, 3.05) is 24.2 Å². The maximum absolute atomic E-state index is 5.72. The minimum atomic E-state index is 0.847. The van der Waals surface area contributed by atoms with E-state index < -0.39 is 0 Å². The summed E-state index contributed by atoms with van der Waals surface area (Å²) in [6.07, 6.45) is 2.79. The van der Waals surface area contributed by atoms with Crippen LogP contribution < -0.4 is 10.6 Å². The number of anilines is 2. The van der Waals surface area contributed by atoms with Crippen molar-refractivity contribution >= 4 is 11.4 Å². The molecule has 0 radical (unpaired) electrons. The molecule has 0 bridgehead atoms. The molecule has 1 saturated carbocycles. The van der Waals surface area contributed by atoms with E-state index in [9.17, 15) is 0 Å². The average molecular weight is 176 g/mol. The van der Waals surface area contributed by atoms with Gasteiger partial charge < -0.3 is 10.6 Å². The van der Waals surface area contributed by atoms with Crippen molar-refractivity contribution in [2.45, 2.75) is 12.8 Å². The molecule has 2 heteroatoms. The lowest BCUT2D eigenvalue weighted by Gasteiger charge is -2.19. The van der Waals surface area contributed by atoms with E-state index in [-0.39, 0.29) is 0 Å². The van der Waals surface area contributed by atoms with Crippen molar-refractivity contribution in [1.29, 1.82) is 0 Å². The summed E-state index contributed by atoms with van der Waals surface area (Å²) in [6, 6.07) is 8.07. The van der Waals surface area contributed by atoms with E-state index >= 15 is 0 Å². The van der Waals surface area contributed by atoms with Crippen LogP contribution in [0.3, 0.4) is 0 Å². The monoisotopic (exact) mass is 176 g/mol. The molecule has 1 aromatic carbocycles. The SMILES string of the molecule is CN(CC1CC1)c1cccc(N)c1. The molecule has 0 aliphatic heterocycles. The molecule has 1 aliphatic carbocycles. The number of hydrogen-bond donors (Lipinski definition) is 1. The minimum Gasteiger partial charge on any atom is -0.399 e. The molecule has 0 heterocycles. The van der Waals surface area contributed by atoms with E-state index in [0.29, 0.717) is 0 Å². The number of nitrogens with zero attached hydrogens (tertiary/aromatic N) is 1. The highest BCUT2D eigenvalue weighted by atomic mass is 15.1. The van der Waals surface area contributed by atoms with Gasteiger partial charge in [-0.25, -0.2) is 0 Å². The summed E-state index contributed by atoms with van der Waals surface area (Å²) in [6.45, 7) is 1.17. The zero-order valence-electron chi connectivity index (χ0n) is 8.03. The molecule has 1 aromatic rings. The maximum atomic E-state index is 5.72. The van der Waals surface area contributed by atoms with Gasteiger partial charge in [0.2, 0.25) is 0 Å². The molecule has 0 spiro atoms. The van der Waals surface area contributed by atoms with Crippen LogP contribution in [0.2, 0.25) is 0 Å². The van der Waals surface area contributed by atoms with Crippen molar-refractivity contribution in [2.24, 2.45) is 5.92 Å². The van der Waals surface area contributed by atoms with Gasteiger partial charge in [-0.3, -0.25) is 0 Å². The van der Waals surface area contributed by atoms with Crippen molar-refractivity contribution in [3.05, 3.63) is 24.3 Å². The Morgan fingerprint density at radius 1 is 1.46 bits per heavy atom. The van der Waals surface area contributed by atoms with E-state index in [4.69, 9.17) is 5.73 Å². The van der Waals surface area contributed by atoms with Crippen molar-refractivity contribution in [3.8, 4) is 0 Å². The predicted octanol–water partition coefficient (Wildman–Crippen LogP) is 2.12. The Hall–Kier alpha value is -1.18. The van der Waals surface area contributed by atoms with Crippen LogP contribution in [0.5, 0.6) is 0 Å². The molecule has 0 aromatic heterocycles. The summed E-state index contributed by atoms with van der Waals surface area (Å²) >= 11 is 0. The van der Waals surface area contributed by atoms with E-state index in [1.807, 2.05) is 18.2 Å². The summed E-state index contributed by atoms with van der Waals surface area (Å²) < 4.78 is 0. The van der Waals surface area contributed by atoms with Gasteiger partial charge in [0.05, 0.1) is 0 Å². The summed E-state index contributed by atoms with van der Waals surface area (Å²) in [7, 11) is 2.13. The third kappa shape index (κ3) is 2.14. The fourth-order valence-corrected chi connectivity index (χ4v) is 1.56. The van der Waals surface area contributed by atoms with Crippen LogP contribution >= 0.6 is 0 Å². The van der Waals surface area contributed by atoms with Crippen LogP contribution in [-0.2, 0) is 0 Å². The van der Waals surface area contributed by atoms with Crippen LogP contribution in [0.4, 0.5) is 11.4 Å². The number of nitrogens with two attached hydrogens (primary N) is 1. The topological polar surface area (TPSA) is 29.3 Å². The first-order chi connectivity index (χ1) is 6.25. The van der Waals surface area contributed by atoms with Gasteiger partial charge in [0.25, 0.3) is 0 Å². The third-order valence-corrected chi connectivity index (χ3v) is 2.54. The summed E-state index contributed by atoms with van der Waals surface area (Å²) in [5.74, 6) is 0.923. The zero-order valence-corrected chi connectivity index (χ0v) is 8.03. The van der Waals surface area contributed by atoms with Gasteiger partial charge in [-0.05, 0) is 37.0 Å². The molecule has 0 unspecified atom stereocenters. The maximum Gasteiger partial charge on any atom is 0.0384 e. The van der Waals surface area contributed by atoms with Crippen LogP contribution in [0.25, 0.3) is 0 Å². The highest BCUT2D eigenvalue weighted by Gasteiger charge is 2.22. The Morgan fingerprint density at radius 2 is 2.23 bits per heavy atom. The first-order valence-electron chi connectivity index (χ1n) is 4.82. The van der Waals surface area contributed by atoms with Crippen molar-refractivity contribution < 1.29 is 0 Å². The Labute approximate surface area is 79.4 Å². The van der Waals surface area contributed by atoms with Crippen LogP contribution in [0.1, 0.15) is 12.8 Å². The Balaban J connectivity index is 2.04. The predicted molar refractivity (Wildman–Crippen MR) is 56.8 cm³/mol. The van der Waals surface area contributed by atoms with Gasteiger partial charge in [-0.15, -0.1) is 0 Å². The lowest BCUT2D eigenvalue weighted by molar-refractivity contribution is 0.787. The largest absolute Gasteiger partial charge is 0.399 e. The molecule has 13 heavy (non-hydrogen) atoms. The first-order valence-corrected chi connectivity index (χ1v) is 4.82. The lowest BCUT2D eigenvalue weighted by Crippen LogP contribution is -2.19. The van der Waals surface area contributed by atoms with Crippen LogP contribution in [0.15, 0.2) is 24.3 Å². The highest BCUT2D eigenvalue weighted by Crippen LogP contribution is 2.31. The van der Waals surface area contributed by atoms with Gasteiger partial charge in [-0.2, -0.15) is 0 Å². The van der Waals surface area contributed by atoms with Gasteiger partial charge in [0.1, 0.15) is 0 Å². The highest BCUT2D eigenvalue weighted by molar-refractivity contribution is 5.55. The van der Waals surface area contributed by atoms with Crippen molar-refractivity contribution in [3.63, 3.8) is 0 Å². The van der Waals surface area contributed by atoms with Gasteiger partial charge in [0.15, 0.2) is 0 Å². The Morgan fingerprint density at radius 3 is 2.85 bits per heavy atom. The Bertz CT molecular complexity index is 292. The second-order valence-electron chi connectivity index (χ2n) is 3.92. The fraction of sp³-hybridized carbons (Fsp3) is 0.455. The molecule has 1 aliphatic rings. The molecular formula is C11H16N2. The van der Waals surface area contributed by atoms with Gasteiger partial charge in [-0.1, -0.05) is 6.07 Å². The molecule has 1 fully saturated rings. The van der Waals surface area contributed by atoms with Gasteiger partial charge >= 0.3 is 0 Å². The Kier molecular flexibility index (Phi) is 2.13. The molecule has 70 valence electrons. The quantitative estimate of drug-likeness (QED) is 0.715. The molecule has 0 saturated heterocycles. The fourth-order valence-electron chi connectivity index (χ4n) is 1.56. The molecule has 2 rings (SSSR count). The van der Waals surface area contributed by atoms with Gasteiger partial charge in [0, 0.05) is 25.0 Å². The van der Waals surface area contributed by atoms with E-state index in [0.717, 1.165) is 11.6 Å². The molecule has 2 N–H and O–H groups in total. The summed E-state index contributed by atoms with van der Waals surface area (Å²) in [5, 5.41) is 0. The smallest absolute Gasteiger partial charge is 0.0384 e. The second-order valence-corrected chi connectivity index (χ2v) is 3.92. The molecule has 0 amide bonds. The number of hydrogen-bond acceptors (Lipinski definition) is 2. The molecule has 2 nitrogen and oxygen atoms in total. The van der Waals surface area contributed by atoms with E-state index in [1.165, 1.54) is 25.1 Å². The normalized spacial score (nSPS) is 15.8. The van der Waals surface area contributed by atoms with Crippen molar-refractivity contribution in [1.82, 2.24) is 0 Å².